The van der Waals surface area contributed by atoms with Gasteiger partial charge in [0, 0.05) is 16.5 Å². The summed E-state index contributed by atoms with van der Waals surface area (Å²) in [6.45, 7) is 11.4. The van der Waals surface area contributed by atoms with Crippen LogP contribution in [0, 0.1) is 11.8 Å². The monoisotopic (exact) mass is 490 g/mol. The normalized spacial score (nSPS) is 11.4. The van der Waals surface area contributed by atoms with Crippen molar-refractivity contribution in [1.29, 1.82) is 0 Å². The summed E-state index contributed by atoms with van der Waals surface area (Å²) in [4.78, 5) is 20.0. The molecule has 0 aliphatic rings. The molecule has 0 saturated heterocycles. The van der Waals surface area contributed by atoms with Gasteiger partial charge in [0.1, 0.15) is 5.75 Å². The molecule has 0 aliphatic heterocycles. The number of aromatic hydroxyl groups is 1. The van der Waals surface area contributed by atoms with E-state index in [1.54, 1.807) is 12.1 Å². The molecule has 36 heavy (non-hydrogen) atoms. The first-order valence-electron chi connectivity index (χ1n) is 13.3. The summed E-state index contributed by atoms with van der Waals surface area (Å²) in [7, 11) is 0. The average molecular weight is 491 g/mol. The number of rotatable bonds is 12. The maximum atomic E-state index is 13.7. The minimum absolute atomic E-state index is 0.0704. The number of hydrogen-bond acceptors (Lipinski definition) is 4. The number of nitrogens with two attached hydrogens (primary N) is 1. The molecule has 0 aromatic heterocycles. The Balaban J connectivity index is 1.95. The van der Waals surface area contributed by atoms with E-state index in [-0.39, 0.29) is 11.3 Å². The Hall–Kier alpha value is -3.21. The fourth-order valence-electron chi connectivity index (χ4n) is 4.27. The number of nitrogens with zero attached hydrogens (tertiary/aromatic N) is 1. The van der Waals surface area contributed by atoms with Crippen molar-refractivity contribution in [3.8, 4) is 11.5 Å². The lowest BCUT2D eigenvalue weighted by atomic mass is 9.97. The predicted octanol–water partition coefficient (Wildman–Crippen LogP) is 7.54. The van der Waals surface area contributed by atoms with Gasteiger partial charge in [-0.2, -0.15) is 5.06 Å². The van der Waals surface area contributed by atoms with Crippen molar-refractivity contribution in [1.82, 2.24) is 5.06 Å². The van der Waals surface area contributed by atoms with Gasteiger partial charge in [-0.25, -0.2) is 0 Å². The fourth-order valence-corrected chi connectivity index (χ4v) is 4.27. The van der Waals surface area contributed by atoms with Crippen LogP contribution in [0.25, 0.3) is 10.8 Å². The molecular weight excluding hydrogens is 448 g/mol. The molecule has 5 nitrogen and oxygen atoms in total. The van der Waals surface area contributed by atoms with Crippen molar-refractivity contribution in [3.63, 3.8) is 0 Å². The Morgan fingerprint density at radius 1 is 0.972 bits per heavy atom. The van der Waals surface area contributed by atoms with E-state index in [0.29, 0.717) is 35.2 Å². The van der Waals surface area contributed by atoms with Crippen LogP contribution >= 0.6 is 0 Å². The maximum absolute atomic E-state index is 13.7. The summed E-state index contributed by atoms with van der Waals surface area (Å²) >= 11 is 0. The minimum Gasteiger partial charge on any atom is -0.506 e. The largest absolute Gasteiger partial charge is 0.506 e. The van der Waals surface area contributed by atoms with Crippen molar-refractivity contribution in [2.75, 3.05) is 12.3 Å². The first-order chi connectivity index (χ1) is 17.2. The third-order valence-corrected chi connectivity index (χ3v) is 6.55. The Morgan fingerprint density at radius 2 is 1.64 bits per heavy atom. The first kappa shape index (κ1) is 27.4. The van der Waals surface area contributed by atoms with Crippen LogP contribution in [0.5, 0.6) is 11.5 Å². The number of aryl methyl sites for hydroxylation is 2. The number of phenols is 1. The lowest BCUT2D eigenvalue weighted by Gasteiger charge is -2.25. The van der Waals surface area contributed by atoms with Crippen LogP contribution in [0.2, 0.25) is 0 Å². The zero-order valence-electron chi connectivity index (χ0n) is 22.5. The SMILES string of the molecule is CCCCN(Oc1ccc(CCC(C)C)cc1CCC(C)C)C(=O)c1cc(N)c2ccccc2c1O. The Labute approximate surface area is 216 Å². The van der Waals surface area contributed by atoms with Gasteiger partial charge in [-0.15, -0.1) is 0 Å². The molecule has 0 fully saturated rings. The van der Waals surface area contributed by atoms with Gasteiger partial charge in [0.25, 0.3) is 5.91 Å². The lowest BCUT2D eigenvalue weighted by molar-refractivity contribution is -0.0346. The van der Waals surface area contributed by atoms with Gasteiger partial charge in [-0.3, -0.25) is 4.79 Å². The number of anilines is 1. The second kappa shape index (κ2) is 12.7. The quantitative estimate of drug-likeness (QED) is 0.156. The molecule has 3 aromatic rings. The third kappa shape index (κ3) is 6.93. The topological polar surface area (TPSA) is 75.8 Å². The van der Waals surface area contributed by atoms with E-state index in [1.165, 1.54) is 10.6 Å². The van der Waals surface area contributed by atoms with Crippen LogP contribution in [0.15, 0.2) is 48.5 Å². The molecule has 0 bridgehead atoms. The highest BCUT2D eigenvalue weighted by atomic mass is 16.7. The molecule has 0 spiro atoms. The summed E-state index contributed by atoms with van der Waals surface area (Å²) in [6.07, 6.45) is 5.76. The zero-order chi connectivity index (χ0) is 26.2. The van der Waals surface area contributed by atoms with Gasteiger partial charge in [-0.1, -0.05) is 77.4 Å². The smallest absolute Gasteiger partial charge is 0.290 e. The zero-order valence-corrected chi connectivity index (χ0v) is 22.5. The van der Waals surface area contributed by atoms with Gasteiger partial charge in [0.15, 0.2) is 5.75 Å². The van der Waals surface area contributed by atoms with Crippen molar-refractivity contribution in [3.05, 3.63) is 65.2 Å². The van der Waals surface area contributed by atoms with E-state index < -0.39 is 5.91 Å². The Bertz CT molecular complexity index is 1170. The predicted molar refractivity (Wildman–Crippen MR) is 149 cm³/mol. The van der Waals surface area contributed by atoms with Crippen molar-refractivity contribution < 1.29 is 14.7 Å². The van der Waals surface area contributed by atoms with Crippen LogP contribution in [-0.4, -0.2) is 22.6 Å². The molecule has 5 heteroatoms. The summed E-state index contributed by atoms with van der Waals surface area (Å²) < 4.78 is 0. The summed E-state index contributed by atoms with van der Waals surface area (Å²) in [5.41, 5.74) is 9.26. The molecule has 3 aromatic carbocycles. The molecule has 0 saturated carbocycles. The highest BCUT2D eigenvalue weighted by molar-refractivity contribution is 6.07. The third-order valence-electron chi connectivity index (χ3n) is 6.55. The summed E-state index contributed by atoms with van der Waals surface area (Å²) in [5.74, 6) is 1.44. The number of benzene rings is 3. The van der Waals surface area contributed by atoms with Crippen molar-refractivity contribution in [2.24, 2.45) is 11.8 Å². The van der Waals surface area contributed by atoms with Gasteiger partial charge in [-0.05, 0) is 67.2 Å². The maximum Gasteiger partial charge on any atom is 0.290 e. The molecular formula is C31H42N2O3. The number of hydroxylamine groups is 2. The van der Waals surface area contributed by atoms with Crippen molar-refractivity contribution in [2.45, 2.75) is 73.1 Å². The number of carbonyl (C=O) groups excluding carboxylic acids is 1. The van der Waals surface area contributed by atoms with E-state index >= 15 is 0 Å². The van der Waals surface area contributed by atoms with Gasteiger partial charge >= 0.3 is 0 Å². The molecule has 0 unspecified atom stereocenters. The number of phenolic OH excluding ortho intramolecular Hbond substituents is 1. The van der Waals surface area contributed by atoms with E-state index in [2.05, 4.69) is 46.8 Å². The van der Waals surface area contributed by atoms with E-state index in [9.17, 15) is 9.90 Å². The number of unbranched alkanes of at least 4 members (excludes halogenated alkanes) is 1. The van der Waals surface area contributed by atoms with Crippen LogP contribution in [0.4, 0.5) is 5.69 Å². The molecule has 0 heterocycles. The standard InChI is InChI=1S/C31H42N2O3/c1-6-7-18-33(31(35)27-20-28(32)25-10-8-9-11-26(25)30(27)34)36-29-17-15-23(14-12-21(2)3)19-24(29)16-13-22(4)5/h8-11,15,17,19-22,34H,6-7,12-14,16,18,32H2,1-5H3. The number of hydrogen-bond donors (Lipinski definition) is 2. The molecule has 0 radical (unpaired) electrons. The number of fused-ring (bicyclic) bond motifs is 1. The molecule has 1 amide bonds. The Morgan fingerprint density at radius 3 is 2.31 bits per heavy atom. The van der Waals surface area contributed by atoms with Crippen LogP contribution in [0.1, 0.15) is 81.8 Å². The van der Waals surface area contributed by atoms with Gasteiger partial charge in [0.05, 0.1) is 12.1 Å². The summed E-state index contributed by atoms with van der Waals surface area (Å²) in [6, 6.07) is 15.2. The number of carbonyl (C=O) groups is 1. The number of amides is 1. The molecule has 3 rings (SSSR count). The molecule has 0 aliphatic carbocycles. The van der Waals surface area contributed by atoms with Gasteiger partial charge in [0.2, 0.25) is 0 Å². The molecule has 3 N–H and O–H groups in total. The average Bonchev–Trinajstić information content (AvgIpc) is 2.86. The lowest BCUT2D eigenvalue weighted by Crippen LogP contribution is -2.35. The first-order valence-corrected chi connectivity index (χ1v) is 13.3. The Kier molecular flexibility index (Phi) is 9.63. The second-order valence-electron chi connectivity index (χ2n) is 10.6. The van der Waals surface area contributed by atoms with Crippen LogP contribution < -0.4 is 10.6 Å². The van der Waals surface area contributed by atoms with Crippen molar-refractivity contribution >= 4 is 22.4 Å². The van der Waals surface area contributed by atoms with E-state index in [1.807, 2.05) is 24.3 Å². The molecule has 194 valence electrons. The van der Waals surface area contributed by atoms with Gasteiger partial charge < -0.3 is 15.7 Å². The van der Waals surface area contributed by atoms with Crippen LogP contribution in [-0.2, 0) is 12.8 Å². The second-order valence-corrected chi connectivity index (χ2v) is 10.6. The van der Waals surface area contributed by atoms with E-state index in [4.69, 9.17) is 10.6 Å². The number of nitrogen functional groups attached to an aromatic ring is 1. The molecule has 0 atom stereocenters. The van der Waals surface area contributed by atoms with Crippen LogP contribution in [0.3, 0.4) is 0 Å². The highest BCUT2D eigenvalue weighted by Gasteiger charge is 2.24. The minimum atomic E-state index is -0.392. The summed E-state index contributed by atoms with van der Waals surface area (Å²) in [5, 5.41) is 13.6. The highest BCUT2D eigenvalue weighted by Crippen LogP contribution is 2.34. The van der Waals surface area contributed by atoms with E-state index in [0.717, 1.165) is 49.5 Å². The fraction of sp³-hybridized carbons (Fsp3) is 0.452.